The molecule has 0 spiro atoms. The fourth-order valence-corrected chi connectivity index (χ4v) is 2.93. The molecule has 0 amide bonds. The van der Waals surface area contributed by atoms with Gasteiger partial charge in [0.1, 0.15) is 0 Å². The molecule has 0 saturated heterocycles. The number of anilines is 1. The van der Waals surface area contributed by atoms with Crippen molar-refractivity contribution in [2.75, 3.05) is 19.0 Å². The van der Waals surface area contributed by atoms with Crippen LogP contribution in [0.2, 0.25) is 5.02 Å². The van der Waals surface area contributed by atoms with E-state index in [0.29, 0.717) is 21.4 Å². The molecule has 1 aliphatic carbocycles. The molecule has 23 heavy (non-hydrogen) atoms. The van der Waals surface area contributed by atoms with Crippen molar-refractivity contribution in [2.24, 2.45) is 0 Å². The molecule has 1 aliphatic rings. The maximum Gasteiger partial charge on any atom is 0.339 e. The zero-order chi connectivity index (χ0) is 16.7. The minimum atomic E-state index is -0.471. The van der Waals surface area contributed by atoms with Crippen molar-refractivity contribution in [1.29, 1.82) is 0 Å². The molecule has 0 unspecified atom stereocenters. The molecular formula is C17H21ClN2O2S. The molecular weight excluding hydrogens is 332 g/mol. The number of methoxy groups -OCH3 is 1. The molecule has 4 nitrogen and oxygen atoms in total. The number of hydrogen-bond donors (Lipinski definition) is 2. The van der Waals surface area contributed by atoms with Crippen LogP contribution in [0.15, 0.2) is 29.8 Å². The van der Waals surface area contributed by atoms with Gasteiger partial charge in [0.15, 0.2) is 5.11 Å². The lowest BCUT2D eigenvalue weighted by Crippen LogP contribution is -2.29. The zero-order valence-electron chi connectivity index (χ0n) is 13.2. The van der Waals surface area contributed by atoms with Gasteiger partial charge in [-0.2, -0.15) is 0 Å². The van der Waals surface area contributed by atoms with Gasteiger partial charge in [-0.05, 0) is 62.5 Å². The lowest BCUT2D eigenvalue weighted by molar-refractivity contribution is 0.0601. The van der Waals surface area contributed by atoms with Crippen LogP contribution in [-0.4, -0.2) is 24.7 Å². The number of thiocarbonyl (C=S) groups is 1. The second kappa shape index (κ2) is 8.89. The molecule has 1 aromatic rings. The molecule has 0 radical (unpaired) electrons. The number of rotatable bonds is 5. The SMILES string of the molecule is COC(=O)c1cc(NC(=S)NCCC2=CCCCC2)ccc1Cl. The predicted molar refractivity (Wildman–Crippen MR) is 98.2 cm³/mol. The summed E-state index contributed by atoms with van der Waals surface area (Å²) in [5, 5.41) is 7.13. The van der Waals surface area contributed by atoms with Crippen LogP contribution in [-0.2, 0) is 4.74 Å². The highest BCUT2D eigenvalue weighted by Gasteiger charge is 2.12. The Hall–Kier alpha value is -1.59. The van der Waals surface area contributed by atoms with Gasteiger partial charge in [0, 0.05) is 12.2 Å². The van der Waals surface area contributed by atoms with Crippen LogP contribution in [0, 0.1) is 0 Å². The molecule has 1 aromatic carbocycles. The van der Waals surface area contributed by atoms with Gasteiger partial charge in [-0.3, -0.25) is 0 Å². The predicted octanol–water partition coefficient (Wildman–Crippen LogP) is 4.30. The van der Waals surface area contributed by atoms with E-state index >= 15 is 0 Å². The number of halogens is 1. The fraction of sp³-hybridized carbons (Fsp3) is 0.412. The molecule has 0 atom stereocenters. The molecule has 2 N–H and O–H groups in total. The first-order valence-electron chi connectivity index (χ1n) is 7.71. The van der Waals surface area contributed by atoms with Crippen molar-refractivity contribution < 1.29 is 9.53 Å². The highest BCUT2D eigenvalue weighted by atomic mass is 35.5. The number of ether oxygens (including phenoxy) is 1. The van der Waals surface area contributed by atoms with E-state index in [1.165, 1.54) is 38.4 Å². The van der Waals surface area contributed by atoms with Crippen molar-refractivity contribution in [2.45, 2.75) is 32.1 Å². The van der Waals surface area contributed by atoms with Gasteiger partial charge >= 0.3 is 5.97 Å². The van der Waals surface area contributed by atoms with E-state index in [1.54, 1.807) is 18.2 Å². The Morgan fingerprint density at radius 1 is 1.39 bits per heavy atom. The highest BCUT2D eigenvalue weighted by molar-refractivity contribution is 7.80. The summed E-state index contributed by atoms with van der Waals surface area (Å²) in [4.78, 5) is 11.6. The number of carbonyl (C=O) groups is 1. The highest BCUT2D eigenvalue weighted by Crippen LogP contribution is 2.22. The second-order valence-corrected chi connectivity index (χ2v) is 6.24. The van der Waals surface area contributed by atoms with E-state index in [0.717, 1.165) is 13.0 Å². The van der Waals surface area contributed by atoms with Crippen LogP contribution in [0.1, 0.15) is 42.5 Å². The zero-order valence-corrected chi connectivity index (χ0v) is 14.7. The normalized spacial score (nSPS) is 13.9. The molecule has 0 heterocycles. The van der Waals surface area contributed by atoms with Crippen molar-refractivity contribution in [1.82, 2.24) is 5.32 Å². The van der Waals surface area contributed by atoms with Crippen LogP contribution in [0.25, 0.3) is 0 Å². The second-order valence-electron chi connectivity index (χ2n) is 5.43. The van der Waals surface area contributed by atoms with E-state index in [1.807, 2.05) is 0 Å². The third-order valence-electron chi connectivity index (χ3n) is 3.75. The number of benzene rings is 1. The lowest BCUT2D eigenvalue weighted by Gasteiger charge is -2.15. The maximum atomic E-state index is 11.6. The summed E-state index contributed by atoms with van der Waals surface area (Å²) in [6, 6.07) is 5.05. The Bertz CT molecular complexity index is 617. The summed E-state index contributed by atoms with van der Waals surface area (Å²) in [5.41, 5.74) is 2.52. The number of hydrogen-bond acceptors (Lipinski definition) is 3. The molecule has 0 fully saturated rings. The van der Waals surface area contributed by atoms with Crippen molar-refractivity contribution in [3.63, 3.8) is 0 Å². The van der Waals surface area contributed by atoms with E-state index in [9.17, 15) is 4.79 Å². The van der Waals surface area contributed by atoms with Crippen LogP contribution < -0.4 is 10.6 Å². The van der Waals surface area contributed by atoms with Gasteiger partial charge in [-0.15, -0.1) is 0 Å². The van der Waals surface area contributed by atoms with Crippen LogP contribution in [0.4, 0.5) is 5.69 Å². The van der Waals surface area contributed by atoms with Gasteiger partial charge in [0.05, 0.1) is 17.7 Å². The van der Waals surface area contributed by atoms with Crippen LogP contribution >= 0.6 is 23.8 Å². The molecule has 0 bridgehead atoms. The van der Waals surface area contributed by atoms with Crippen molar-refractivity contribution in [3.05, 3.63) is 40.4 Å². The number of esters is 1. The maximum absolute atomic E-state index is 11.6. The Kier molecular flexibility index (Phi) is 6.86. The minimum Gasteiger partial charge on any atom is -0.465 e. The summed E-state index contributed by atoms with van der Waals surface area (Å²) in [5.74, 6) is -0.471. The Balaban J connectivity index is 1.85. The third-order valence-corrected chi connectivity index (χ3v) is 4.32. The van der Waals surface area contributed by atoms with Gasteiger partial charge in [-0.25, -0.2) is 4.79 Å². The first-order chi connectivity index (χ1) is 11.1. The largest absolute Gasteiger partial charge is 0.465 e. The lowest BCUT2D eigenvalue weighted by atomic mass is 9.97. The summed E-state index contributed by atoms with van der Waals surface area (Å²) >= 11 is 11.3. The Labute approximate surface area is 147 Å². The van der Waals surface area contributed by atoms with Crippen LogP contribution in [0.3, 0.4) is 0 Å². The van der Waals surface area contributed by atoms with Gasteiger partial charge in [0.2, 0.25) is 0 Å². The first kappa shape index (κ1) is 17.8. The van der Waals surface area contributed by atoms with Crippen LogP contribution in [0.5, 0.6) is 0 Å². The van der Waals surface area contributed by atoms with Gasteiger partial charge < -0.3 is 15.4 Å². The molecule has 6 heteroatoms. The van der Waals surface area contributed by atoms with Gasteiger partial charge in [0.25, 0.3) is 0 Å². The molecule has 0 aliphatic heterocycles. The quantitative estimate of drug-likeness (QED) is 0.470. The fourth-order valence-electron chi connectivity index (χ4n) is 2.51. The summed E-state index contributed by atoms with van der Waals surface area (Å²) in [7, 11) is 1.32. The summed E-state index contributed by atoms with van der Waals surface area (Å²) in [6.07, 6.45) is 8.32. The van der Waals surface area contributed by atoms with E-state index < -0.39 is 5.97 Å². The Morgan fingerprint density at radius 2 is 2.22 bits per heavy atom. The average Bonchev–Trinajstić information content (AvgIpc) is 2.57. The first-order valence-corrected chi connectivity index (χ1v) is 8.49. The minimum absolute atomic E-state index is 0.314. The van der Waals surface area contributed by atoms with E-state index in [4.69, 9.17) is 28.6 Å². The van der Waals surface area contributed by atoms with E-state index in [2.05, 4.69) is 16.7 Å². The number of carbonyl (C=O) groups excluding carboxylic acids is 1. The monoisotopic (exact) mass is 352 g/mol. The van der Waals surface area contributed by atoms with Crippen molar-refractivity contribution in [3.8, 4) is 0 Å². The smallest absolute Gasteiger partial charge is 0.339 e. The third kappa shape index (κ3) is 5.52. The molecule has 124 valence electrons. The Morgan fingerprint density at radius 3 is 2.91 bits per heavy atom. The number of nitrogens with one attached hydrogen (secondary N) is 2. The van der Waals surface area contributed by atoms with E-state index in [-0.39, 0.29) is 0 Å². The van der Waals surface area contributed by atoms with Gasteiger partial charge in [-0.1, -0.05) is 23.3 Å². The standard InChI is InChI=1S/C17H21ClN2O2S/c1-22-16(21)14-11-13(7-8-15(14)18)20-17(23)19-10-9-12-5-3-2-4-6-12/h5,7-8,11H,2-4,6,9-10H2,1H3,(H2,19,20,23). The topological polar surface area (TPSA) is 50.4 Å². The molecule has 2 rings (SSSR count). The summed E-state index contributed by atoms with van der Waals surface area (Å²) < 4.78 is 4.70. The average molecular weight is 353 g/mol. The molecule has 0 aromatic heterocycles. The molecule has 0 saturated carbocycles. The number of allylic oxidation sites excluding steroid dienone is 1. The van der Waals surface area contributed by atoms with Crippen molar-refractivity contribution >= 4 is 40.6 Å². The summed E-state index contributed by atoms with van der Waals surface area (Å²) in [6.45, 7) is 0.801.